The van der Waals surface area contributed by atoms with Gasteiger partial charge in [-0.05, 0) is 86.5 Å². The van der Waals surface area contributed by atoms with Gasteiger partial charge in [0.2, 0.25) is 0 Å². The molecule has 3 aromatic rings. The van der Waals surface area contributed by atoms with E-state index in [0.29, 0.717) is 11.7 Å². The predicted molar refractivity (Wildman–Crippen MR) is 128 cm³/mol. The SMILES string of the molecule is O=C(N[C@H]1CN2CCC1CC2)c1cc2ccc(-c3ccc(N4CCCCC4)cc3)cc2o1. The van der Waals surface area contributed by atoms with Gasteiger partial charge in [-0.2, -0.15) is 0 Å². The van der Waals surface area contributed by atoms with Gasteiger partial charge in [-0.1, -0.05) is 24.3 Å². The van der Waals surface area contributed by atoms with Crippen LogP contribution < -0.4 is 10.2 Å². The van der Waals surface area contributed by atoms with E-state index >= 15 is 0 Å². The van der Waals surface area contributed by atoms with E-state index in [0.717, 1.165) is 36.2 Å². The minimum absolute atomic E-state index is 0.0904. The third-order valence-electron chi connectivity index (χ3n) is 7.64. The zero-order chi connectivity index (χ0) is 21.5. The van der Waals surface area contributed by atoms with Crippen LogP contribution in [0.15, 0.2) is 52.9 Å². The molecule has 1 amide bonds. The van der Waals surface area contributed by atoms with Gasteiger partial charge in [0.15, 0.2) is 5.76 Å². The molecule has 166 valence electrons. The molecule has 4 saturated heterocycles. The second-order valence-electron chi connectivity index (χ2n) is 9.68. The molecule has 5 nitrogen and oxygen atoms in total. The average molecular weight is 430 g/mol. The van der Waals surface area contributed by atoms with Gasteiger partial charge in [-0.25, -0.2) is 0 Å². The molecule has 0 spiro atoms. The molecule has 32 heavy (non-hydrogen) atoms. The molecule has 4 aliphatic heterocycles. The van der Waals surface area contributed by atoms with E-state index in [1.165, 1.54) is 56.4 Å². The largest absolute Gasteiger partial charge is 0.451 e. The maximum atomic E-state index is 12.9. The number of nitrogens with zero attached hydrogens (tertiary/aromatic N) is 2. The third kappa shape index (κ3) is 3.79. The summed E-state index contributed by atoms with van der Waals surface area (Å²) in [6, 6.07) is 17.2. The van der Waals surface area contributed by atoms with E-state index < -0.39 is 0 Å². The Labute approximate surface area is 189 Å². The Balaban J connectivity index is 1.18. The molecule has 2 aromatic carbocycles. The number of rotatable bonds is 4. The van der Waals surface area contributed by atoms with E-state index in [9.17, 15) is 4.79 Å². The summed E-state index contributed by atoms with van der Waals surface area (Å²) in [5, 5.41) is 4.20. The van der Waals surface area contributed by atoms with Crippen molar-refractivity contribution in [2.75, 3.05) is 37.6 Å². The van der Waals surface area contributed by atoms with Crippen molar-refractivity contribution in [2.24, 2.45) is 5.92 Å². The lowest BCUT2D eigenvalue weighted by atomic mass is 9.84. The standard InChI is InChI=1S/C27H31N3O2/c31-27(28-24-18-29-14-10-20(24)11-15-29)26-17-22-5-4-21(16-25(22)32-26)19-6-8-23(9-7-19)30-12-2-1-3-13-30/h4-9,16-17,20,24H,1-3,10-15,18H2,(H,28,31)/t24-/m0/s1. The monoisotopic (exact) mass is 429 g/mol. The number of nitrogens with one attached hydrogen (secondary N) is 1. The van der Waals surface area contributed by atoms with Gasteiger partial charge in [-0.3, -0.25) is 4.79 Å². The maximum absolute atomic E-state index is 12.9. The van der Waals surface area contributed by atoms with Crippen LogP contribution in [0.4, 0.5) is 5.69 Å². The molecule has 7 rings (SSSR count). The van der Waals surface area contributed by atoms with Crippen molar-refractivity contribution >= 4 is 22.6 Å². The van der Waals surface area contributed by atoms with Crippen molar-refractivity contribution < 1.29 is 9.21 Å². The molecule has 4 fully saturated rings. The molecule has 0 aliphatic carbocycles. The van der Waals surface area contributed by atoms with Crippen molar-refractivity contribution in [3.8, 4) is 11.1 Å². The van der Waals surface area contributed by atoms with Crippen LogP contribution in [-0.4, -0.2) is 49.6 Å². The smallest absolute Gasteiger partial charge is 0.287 e. The highest BCUT2D eigenvalue weighted by Gasteiger charge is 2.35. The number of furan rings is 1. The molecule has 0 unspecified atom stereocenters. The predicted octanol–water partition coefficient (Wildman–Crippen LogP) is 4.91. The lowest BCUT2D eigenvalue weighted by Gasteiger charge is -2.44. The summed E-state index contributed by atoms with van der Waals surface area (Å²) in [6.45, 7) is 5.62. The second-order valence-corrected chi connectivity index (χ2v) is 9.68. The first-order valence-corrected chi connectivity index (χ1v) is 12.2. The fourth-order valence-corrected chi connectivity index (χ4v) is 5.71. The lowest BCUT2D eigenvalue weighted by Crippen LogP contribution is -2.57. The molecule has 5 heterocycles. The Bertz CT molecular complexity index is 1110. The Morgan fingerprint density at radius 1 is 0.875 bits per heavy atom. The quantitative estimate of drug-likeness (QED) is 0.640. The number of amides is 1. The number of piperidine rings is 4. The Morgan fingerprint density at radius 2 is 1.62 bits per heavy atom. The molecule has 1 aromatic heterocycles. The lowest BCUT2D eigenvalue weighted by molar-refractivity contribution is 0.0607. The van der Waals surface area contributed by atoms with Crippen LogP contribution in [0.1, 0.15) is 42.7 Å². The van der Waals surface area contributed by atoms with Crippen molar-refractivity contribution in [3.63, 3.8) is 0 Å². The van der Waals surface area contributed by atoms with Gasteiger partial charge < -0.3 is 19.5 Å². The molecule has 2 bridgehead atoms. The first-order valence-electron chi connectivity index (χ1n) is 12.2. The molecule has 0 radical (unpaired) electrons. The van der Waals surface area contributed by atoms with Crippen molar-refractivity contribution in [3.05, 3.63) is 54.3 Å². The first kappa shape index (κ1) is 19.9. The molecule has 5 heteroatoms. The number of hydrogen-bond acceptors (Lipinski definition) is 4. The van der Waals surface area contributed by atoms with E-state index in [2.05, 4.69) is 57.6 Å². The van der Waals surface area contributed by atoms with Crippen LogP contribution in [0, 0.1) is 5.92 Å². The highest BCUT2D eigenvalue weighted by Crippen LogP contribution is 2.30. The minimum Gasteiger partial charge on any atom is -0.451 e. The van der Waals surface area contributed by atoms with Crippen LogP contribution in [0.5, 0.6) is 0 Å². The summed E-state index contributed by atoms with van der Waals surface area (Å²) in [7, 11) is 0. The number of hydrogen-bond donors (Lipinski definition) is 1. The third-order valence-corrected chi connectivity index (χ3v) is 7.64. The molecule has 1 N–H and O–H groups in total. The van der Waals surface area contributed by atoms with Gasteiger partial charge >= 0.3 is 0 Å². The fourth-order valence-electron chi connectivity index (χ4n) is 5.71. The van der Waals surface area contributed by atoms with Crippen LogP contribution in [0.3, 0.4) is 0 Å². The zero-order valence-electron chi connectivity index (χ0n) is 18.6. The van der Waals surface area contributed by atoms with E-state index in [1.807, 2.05) is 6.07 Å². The summed E-state index contributed by atoms with van der Waals surface area (Å²) in [5.74, 6) is 0.925. The van der Waals surface area contributed by atoms with Crippen molar-refractivity contribution in [2.45, 2.75) is 38.1 Å². The molecule has 1 atom stereocenters. The Kier molecular flexibility index (Phi) is 5.14. The highest BCUT2D eigenvalue weighted by molar-refractivity contribution is 5.97. The Hall–Kier alpha value is -2.79. The van der Waals surface area contributed by atoms with Gasteiger partial charge in [0.05, 0.1) is 0 Å². The van der Waals surface area contributed by atoms with Gasteiger partial charge in [0.25, 0.3) is 5.91 Å². The number of fused-ring (bicyclic) bond motifs is 4. The van der Waals surface area contributed by atoms with Crippen LogP contribution in [0.25, 0.3) is 22.1 Å². The number of carbonyl (C=O) groups is 1. The molecule has 0 saturated carbocycles. The fraction of sp³-hybridized carbons (Fsp3) is 0.444. The van der Waals surface area contributed by atoms with E-state index in [-0.39, 0.29) is 11.9 Å². The zero-order valence-corrected chi connectivity index (χ0v) is 18.6. The van der Waals surface area contributed by atoms with E-state index in [4.69, 9.17) is 4.42 Å². The highest BCUT2D eigenvalue weighted by atomic mass is 16.3. The topological polar surface area (TPSA) is 48.7 Å². The van der Waals surface area contributed by atoms with Crippen molar-refractivity contribution in [1.82, 2.24) is 10.2 Å². The second kappa shape index (κ2) is 8.28. The van der Waals surface area contributed by atoms with Gasteiger partial charge in [-0.15, -0.1) is 0 Å². The molecular formula is C27H31N3O2. The maximum Gasteiger partial charge on any atom is 0.287 e. The average Bonchev–Trinajstić information content (AvgIpc) is 3.29. The van der Waals surface area contributed by atoms with Crippen LogP contribution in [-0.2, 0) is 0 Å². The summed E-state index contributed by atoms with van der Waals surface area (Å²) in [4.78, 5) is 17.8. The van der Waals surface area contributed by atoms with Gasteiger partial charge in [0.1, 0.15) is 5.58 Å². The summed E-state index contributed by atoms with van der Waals surface area (Å²) in [5.41, 5.74) is 4.35. The number of benzene rings is 2. The normalized spacial score (nSPS) is 25.2. The minimum atomic E-state index is -0.0904. The number of anilines is 1. The summed E-state index contributed by atoms with van der Waals surface area (Å²) < 4.78 is 6.00. The summed E-state index contributed by atoms with van der Waals surface area (Å²) in [6.07, 6.45) is 6.28. The van der Waals surface area contributed by atoms with Crippen LogP contribution >= 0.6 is 0 Å². The van der Waals surface area contributed by atoms with Crippen LogP contribution in [0.2, 0.25) is 0 Å². The summed E-state index contributed by atoms with van der Waals surface area (Å²) >= 11 is 0. The van der Waals surface area contributed by atoms with Gasteiger partial charge in [0, 0.05) is 36.7 Å². The Morgan fingerprint density at radius 3 is 2.34 bits per heavy atom. The number of carbonyl (C=O) groups excluding carboxylic acids is 1. The molecule has 4 aliphatic rings. The molecular weight excluding hydrogens is 398 g/mol. The van der Waals surface area contributed by atoms with E-state index in [1.54, 1.807) is 0 Å². The first-order chi connectivity index (χ1) is 15.7. The van der Waals surface area contributed by atoms with Crippen molar-refractivity contribution in [1.29, 1.82) is 0 Å².